The highest BCUT2D eigenvalue weighted by atomic mass is 16.6. The molecule has 1 atom stereocenters. The molecule has 2 N–H and O–H groups in total. The van der Waals surface area contributed by atoms with Crippen LogP contribution in [0.15, 0.2) is 18.2 Å². The van der Waals surface area contributed by atoms with Gasteiger partial charge in [0, 0.05) is 30.9 Å². The van der Waals surface area contributed by atoms with Crippen molar-refractivity contribution in [3.8, 4) is 0 Å². The van der Waals surface area contributed by atoms with Gasteiger partial charge in [0.25, 0.3) is 5.69 Å². The van der Waals surface area contributed by atoms with Crippen LogP contribution in [0.1, 0.15) is 12.5 Å². The lowest BCUT2D eigenvalue weighted by Crippen LogP contribution is -2.43. The molecule has 0 saturated heterocycles. The second-order valence-corrected chi connectivity index (χ2v) is 5.34. The van der Waals surface area contributed by atoms with E-state index < -0.39 is 10.5 Å². The Hall–Kier alpha value is -1.66. The smallest absolute Gasteiger partial charge is 0.271 e. The molecular weight excluding hydrogens is 246 g/mol. The summed E-state index contributed by atoms with van der Waals surface area (Å²) in [5.74, 6) is 0. The van der Waals surface area contributed by atoms with Crippen molar-refractivity contribution >= 4 is 11.4 Å². The molecule has 0 spiro atoms. The molecule has 0 radical (unpaired) electrons. The Morgan fingerprint density at radius 1 is 1.47 bits per heavy atom. The van der Waals surface area contributed by atoms with Crippen LogP contribution in [-0.4, -0.2) is 47.7 Å². The van der Waals surface area contributed by atoms with Crippen molar-refractivity contribution in [1.29, 1.82) is 0 Å². The predicted octanol–water partition coefficient (Wildman–Crippen LogP) is 1.63. The number of nitrogens with one attached hydrogen (secondary N) is 1. The van der Waals surface area contributed by atoms with E-state index in [9.17, 15) is 15.2 Å². The third-order valence-corrected chi connectivity index (χ3v) is 2.75. The van der Waals surface area contributed by atoms with E-state index in [1.165, 1.54) is 12.1 Å². The van der Waals surface area contributed by atoms with Gasteiger partial charge in [-0.25, -0.2) is 0 Å². The molecule has 0 aliphatic carbocycles. The summed E-state index contributed by atoms with van der Waals surface area (Å²) in [5.41, 5.74) is 0.723. The molecule has 1 rings (SSSR count). The monoisotopic (exact) mass is 267 g/mol. The molecule has 6 nitrogen and oxygen atoms in total. The molecule has 0 fully saturated rings. The first-order valence-corrected chi connectivity index (χ1v) is 6.07. The lowest BCUT2D eigenvalue weighted by Gasteiger charge is -2.27. The number of non-ortho nitro benzene ring substituents is 1. The van der Waals surface area contributed by atoms with Crippen molar-refractivity contribution in [2.45, 2.75) is 19.4 Å². The molecule has 106 valence electrons. The summed E-state index contributed by atoms with van der Waals surface area (Å²) in [6.07, 6.45) is 0. The van der Waals surface area contributed by atoms with Crippen LogP contribution in [0.4, 0.5) is 11.4 Å². The van der Waals surface area contributed by atoms with Crippen LogP contribution in [0.5, 0.6) is 0 Å². The van der Waals surface area contributed by atoms with Gasteiger partial charge >= 0.3 is 0 Å². The molecule has 19 heavy (non-hydrogen) atoms. The number of aliphatic hydroxyl groups is 1. The summed E-state index contributed by atoms with van der Waals surface area (Å²) in [7, 11) is 3.76. The minimum absolute atomic E-state index is 0.0420. The van der Waals surface area contributed by atoms with Gasteiger partial charge in [0.2, 0.25) is 0 Å². The number of likely N-dealkylation sites (N-methyl/N-ethyl adjacent to an activating group) is 1. The van der Waals surface area contributed by atoms with Crippen molar-refractivity contribution < 1.29 is 10.0 Å². The van der Waals surface area contributed by atoms with Gasteiger partial charge in [0.05, 0.1) is 10.5 Å². The largest absolute Gasteiger partial charge is 0.387 e. The molecule has 1 aromatic carbocycles. The van der Waals surface area contributed by atoms with E-state index in [1.807, 2.05) is 25.9 Å². The van der Waals surface area contributed by atoms with Crippen LogP contribution in [0.3, 0.4) is 0 Å². The van der Waals surface area contributed by atoms with Gasteiger partial charge in [-0.1, -0.05) is 6.07 Å². The van der Waals surface area contributed by atoms with Crippen molar-refractivity contribution in [3.05, 3.63) is 33.9 Å². The zero-order valence-electron chi connectivity index (χ0n) is 11.8. The topological polar surface area (TPSA) is 78.6 Å². The number of anilines is 1. The molecule has 0 aliphatic rings. The third kappa shape index (κ3) is 4.84. The Labute approximate surface area is 113 Å². The number of benzene rings is 1. The lowest BCUT2D eigenvalue weighted by molar-refractivity contribution is -0.384. The molecule has 0 aliphatic heterocycles. The molecule has 6 heteroatoms. The Morgan fingerprint density at radius 3 is 2.63 bits per heavy atom. The molecular formula is C13H21N3O3. The van der Waals surface area contributed by atoms with E-state index in [0.717, 1.165) is 5.56 Å². The van der Waals surface area contributed by atoms with Crippen LogP contribution in [0.2, 0.25) is 0 Å². The molecule has 0 bridgehead atoms. The van der Waals surface area contributed by atoms with Crippen LogP contribution in [-0.2, 0) is 0 Å². The number of nitrogens with zero attached hydrogens (tertiary/aromatic N) is 2. The van der Waals surface area contributed by atoms with E-state index >= 15 is 0 Å². The lowest BCUT2D eigenvalue weighted by atomic mass is 10.1. The summed E-state index contributed by atoms with van der Waals surface area (Å²) in [5, 5.41) is 24.0. The zero-order valence-corrected chi connectivity index (χ0v) is 11.8. The zero-order chi connectivity index (χ0) is 14.6. The Morgan fingerprint density at radius 2 is 2.11 bits per heavy atom. The van der Waals surface area contributed by atoms with Crippen LogP contribution in [0.25, 0.3) is 0 Å². The van der Waals surface area contributed by atoms with Crippen molar-refractivity contribution in [1.82, 2.24) is 4.90 Å². The summed E-state index contributed by atoms with van der Waals surface area (Å²) >= 11 is 0. The normalized spacial score (nSPS) is 14.2. The second-order valence-electron chi connectivity index (χ2n) is 5.34. The van der Waals surface area contributed by atoms with Gasteiger partial charge in [0.1, 0.15) is 0 Å². The van der Waals surface area contributed by atoms with Gasteiger partial charge in [-0.15, -0.1) is 0 Å². The fourth-order valence-corrected chi connectivity index (χ4v) is 1.94. The highest BCUT2D eigenvalue weighted by molar-refractivity contribution is 5.56. The van der Waals surface area contributed by atoms with Crippen molar-refractivity contribution in [2.75, 3.05) is 32.5 Å². The van der Waals surface area contributed by atoms with Crippen LogP contribution >= 0.6 is 0 Å². The highest BCUT2D eigenvalue weighted by Gasteiger charge is 2.21. The highest BCUT2D eigenvalue weighted by Crippen LogP contribution is 2.22. The first-order valence-electron chi connectivity index (χ1n) is 6.07. The first-order chi connectivity index (χ1) is 8.71. The molecule has 1 unspecified atom stereocenters. The average Bonchev–Trinajstić information content (AvgIpc) is 2.25. The molecule has 0 heterocycles. The number of hydrogen-bond donors (Lipinski definition) is 2. The molecule has 0 aromatic heterocycles. The Balaban J connectivity index is 2.77. The maximum atomic E-state index is 10.7. The number of hydrogen-bond acceptors (Lipinski definition) is 5. The standard InChI is InChI=1S/C13H21N3O3/c1-10-5-6-11(16(18)19)7-12(10)14-8-13(2,17)9-15(3)4/h5-7,14,17H,8-9H2,1-4H3. The van der Waals surface area contributed by atoms with Crippen molar-refractivity contribution in [3.63, 3.8) is 0 Å². The molecule has 0 amide bonds. The van der Waals surface area contributed by atoms with Gasteiger partial charge in [-0.3, -0.25) is 10.1 Å². The first kappa shape index (κ1) is 15.4. The van der Waals surface area contributed by atoms with Gasteiger partial charge < -0.3 is 15.3 Å². The van der Waals surface area contributed by atoms with Crippen molar-refractivity contribution in [2.24, 2.45) is 0 Å². The Bertz CT molecular complexity index is 458. The molecule has 1 aromatic rings. The number of nitro groups is 1. The third-order valence-electron chi connectivity index (χ3n) is 2.75. The van der Waals surface area contributed by atoms with Crippen LogP contribution in [0, 0.1) is 17.0 Å². The summed E-state index contributed by atoms with van der Waals surface area (Å²) in [4.78, 5) is 12.2. The minimum atomic E-state index is -0.902. The SMILES string of the molecule is Cc1ccc([N+](=O)[O-])cc1NCC(C)(O)CN(C)C. The van der Waals surface area contributed by atoms with E-state index in [0.29, 0.717) is 18.8 Å². The minimum Gasteiger partial charge on any atom is -0.387 e. The second kappa shape index (κ2) is 5.99. The van der Waals surface area contributed by atoms with E-state index in [4.69, 9.17) is 0 Å². The maximum Gasteiger partial charge on any atom is 0.271 e. The quantitative estimate of drug-likeness (QED) is 0.605. The average molecular weight is 267 g/mol. The number of aryl methyl sites for hydroxylation is 1. The van der Waals surface area contributed by atoms with E-state index in [1.54, 1.807) is 13.0 Å². The van der Waals surface area contributed by atoms with Gasteiger partial charge in [-0.2, -0.15) is 0 Å². The Kier molecular flexibility index (Phi) is 4.85. The van der Waals surface area contributed by atoms with E-state index in [2.05, 4.69) is 5.32 Å². The predicted molar refractivity (Wildman–Crippen MR) is 75.5 cm³/mol. The fraction of sp³-hybridized carbons (Fsp3) is 0.538. The van der Waals surface area contributed by atoms with Gasteiger partial charge in [0.15, 0.2) is 0 Å². The van der Waals surface area contributed by atoms with Gasteiger partial charge in [-0.05, 0) is 33.5 Å². The maximum absolute atomic E-state index is 10.7. The number of rotatable bonds is 6. The number of nitro benzene ring substituents is 1. The summed E-state index contributed by atoms with van der Waals surface area (Å²) in [6.45, 7) is 4.43. The summed E-state index contributed by atoms with van der Waals surface area (Å²) < 4.78 is 0. The summed E-state index contributed by atoms with van der Waals surface area (Å²) in [6, 6.07) is 4.65. The van der Waals surface area contributed by atoms with E-state index in [-0.39, 0.29) is 5.69 Å². The fourth-order valence-electron chi connectivity index (χ4n) is 1.94. The molecule has 0 saturated carbocycles. The van der Waals surface area contributed by atoms with Crippen LogP contribution < -0.4 is 5.32 Å².